The Kier molecular flexibility index (Phi) is 4.99. The lowest BCUT2D eigenvalue weighted by molar-refractivity contribution is -0.121. The molecule has 0 spiro atoms. The number of rotatable bonds is 4. The van der Waals surface area contributed by atoms with E-state index >= 15 is 0 Å². The van der Waals surface area contributed by atoms with Crippen molar-refractivity contribution in [3.05, 3.63) is 0 Å². The molecular formula is C14H28N2O. The molecule has 1 amide bonds. The highest BCUT2D eigenvalue weighted by Crippen LogP contribution is 2.34. The maximum absolute atomic E-state index is 11.6. The zero-order valence-corrected chi connectivity index (χ0v) is 11.9. The summed E-state index contributed by atoms with van der Waals surface area (Å²) in [4.78, 5) is 11.6. The van der Waals surface area contributed by atoms with E-state index in [-0.39, 0.29) is 11.4 Å². The summed E-state index contributed by atoms with van der Waals surface area (Å²) < 4.78 is 0. The first kappa shape index (κ1) is 14.5. The van der Waals surface area contributed by atoms with Crippen LogP contribution in [0, 0.1) is 5.41 Å². The first-order valence-corrected chi connectivity index (χ1v) is 6.83. The number of hydrogen-bond donors (Lipinski definition) is 2. The fourth-order valence-corrected chi connectivity index (χ4v) is 2.52. The first-order chi connectivity index (χ1) is 7.81. The molecule has 1 fully saturated rings. The standard InChI is InChI=1S/C14H28N2O/c1-13(2,3)16-12(17)10-15-11-14(4)8-6-5-7-9-14/h15H,5-11H2,1-4H3,(H,16,17). The van der Waals surface area contributed by atoms with E-state index in [0.29, 0.717) is 12.0 Å². The molecule has 100 valence electrons. The van der Waals surface area contributed by atoms with Crippen LogP contribution in [0.15, 0.2) is 0 Å². The van der Waals surface area contributed by atoms with Crippen LogP contribution in [0.5, 0.6) is 0 Å². The molecule has 1 aliphatic carbocycles. The molecule has 0 bridgehead atoms. The molecule has 0 heterocycles. The summed E-state index contributed by atoms with van der Waals surface area (Å²) in [6.45, 7) is 9.76. The zero-order chi connectivity index (χ0) is 12.9. The quantitative estimate of drug-likeness (QED) is 0.792. The molecule has 0 aromatic rings. The second-order valence-corrected chi connectivity index (χ2v) is 6.77. The van der Waals surface area contributed by atoms with Crippen LogP contribution < -0.4 is 10.6 Å². The molecule has 0 radical (unpaired) electrons. The second kappa shape index (κ2) is 5.85. The van der Waals surface area contributed by atoms with Gasteiger partial charge in [0.2, 0.25) is 5.91 Å². The van der Waals surface area contributed by atoms with Gasteiger partial charge in [-0.3, -0.25) is 4.79 Å². The molecule has 17 heavy (non-hydrogen) atoms. The summed E-state index contributed by atoms with van der Waals surface area (Å²) in [5.74, 6) is 0.0944. The van der Waals surface area contributed by atoms with Gasteiger partial charge in [0.15, 0.2) is 0 Å². The van der Waals surface area contributed by atoms with Crippen molar-refractivity contribution in [3.63, 3.8) is 0 Å². The van der Waals surface area contributed by atoms with Crippen molar-refractivity contribution in [3.8, 4) is 0 Å². The molecule has 3 heteroatoms. The molecule has 1 aliphatic rings. The Labute approximate surface area is 106 Å². The van der Waals surface area contributed by atoms with Gasteiger partial charge < -0.3 is 10.6 Å². The number of hydrogen-bond acceptors (Lipinski definition) is 2. The fraction of sp³-hybridized carbons (Fsp3) is 0.929. The predicted molar refractivity (Wildman–Crippen MR) is 72.0 cm³/mol. The van der Waals surface area contributed by atoms with Crippen molar-refractivity contribution < 1.29 is 4.79 Å². The molecule has 0 aliphatic heterocycles. The topological polar surface area (TPSA) is 41.1 Å². The first-order valence-electron chi connectivity index (χ1n) is 6.83. The van der Waals surface area contributed by atoms with Gasteiger partial charge in [-0.25, -0.2) is 0 Å². The van der Waals surface area contributed by atoms with Gasteiger partial charge in [0.1, 0.15) is 0 Å². The molecule has 1 saturated carbocycles. The van der Waals surface area contributed by atoms with Gasteiger partial charge in [0.05, 0.1) is 6.54 Å². The summed E-state index contributed by atoms with van der Waals surface area (Å²) in [6, 6.07) is 0. The van der Waals surface area contributed by atoms with Crippen LogP contribution in [-0.2, 0) is 4.79 Å². The third-order valence-corrected chi connectivity index (χ3v) is 3.41. The van der Waals surface area contributed by atoms with Gasteiger partial charge in [-0.05, 0) is 39.0 Å². The number of amides is 1. The average molecular weight is 240 g/mol. The molecule has 0 unspecified atom stereocenters. The maximum atomic E-state index is 11.6. The molecule has 3 nitrogen and oxygen atoms in total. The van der Waals surface area contributed by atoms with Gasteiger partial charge >= 0.3 is 0 Å². The highest BCUT2D eigenvalue weighted by Gasteiger charge is 2.26. The average Bonchev–Trinajstić information content (AvgIpc) is 2.15. The Hall–Kier alpha value is -0.570. The molecule has 0 aromatic heterocycles. The van der Waals surface area contributed by atoms with Gasteiger partial charge in [-0.1, -0.05) is 26.2 Å². The minimum absolute atomic E-state index is 0.0944. The Morgan fingerprint density at radius 3 is 2.29 bits per heavy atom. The maximum Gasteiger partial charge on any atom is 0.234 e. The van der Waals surface area contributed by atoms with Gasteiger partial charge in [0, 0.05) is 12.1 Å². The second-order valence-electron chi connectivity index (χ2n) is 6.77. The molecular weight excluding hydrogens is 212 g/mol. The van der Waals surface area contributed by atoms with E-state index in [2.05, 4.69) is 17.6 Å². The highest BCUT2D eigenvalue weighted by molar-refractivity contribution is 5.78. The number of carbonyl (C=O) groups is 1. The van der Waals surface area contributed by atoms with Crippen LogP contribution >= 0.6 is 0 Å². The van der Waals surface area contributed by atoms with Crippen molar-refractivity contribution >= 4 is 5.91 Å². The predicted octanol–water partition coefficient (Wildman–Crippen LogP) is 2.46. The number of carbonyl (C=O) groups excluding carboxylic acids is 1. The Bertz CT molecular complexity index is 249. The van der Waals surface area contributed by atoms with Crippen molar-refractivity contribution in [2.24, 2.45) is 5.41 Å². The van der Waals surface area contributed by atoms with Gasteiger partial charge in [0.25, 0.3) is 0 Å². The normalized spacial score (nSPS) is 20.0. The highest BCUT2D eigenvalue weighted by atomic mass is 16.2. The third kappa shape index (κ3) is 6.06. The summed E-state index contributed by atoms with van der Waals surface area (Å²) in [5.41, 5.74) is 0.272. The lowest BCUT2D eigenvalue weighted by atomic mass is 9.76. The SMILES string of the molecule is CC1(CNCC(=O)NC(C)(C)C)CCCCC1. The third-order valence-electron chi connectivity index (χ3n) is 3.41. The van der Waals surface area contributed by atoms with Crippen LogP contribution in [-0.4, -0.2) is 24.5 Å². The lowest BCUT2D eigenvalue weighted by Gasteiger charge is -2.33. The summed E-state index contributed by atoms with van der Waals surface area (Å²) in [5, 5.41) is 6.27. The van der Waals surface area contributed by atoms with Crippen LogP contribution in [0.1, 0.15) is 59.8 Å². The minimum Gasteiger partial charge on any atom is -0.350 e. The largest absolute Gasteiger partial charge is 0.350 e. The van der Waals surface area contributed by atoms with E-state index in [1.807, 2.05) is 20.8 Å². The van der Waals surface area contributed by atoms with Crippen LogP contribution in [0.4, 0.5) is 0 Å². The lowest BCUT2D eigenvalue weighted by Crippen LogP contribution is -2.46. The number of nitrogens with one attached hydrogen (secondary N) is 2. The molecule has 1 rings (SSSR count). The summed E-state index contributed by atoms with van der Waals surface area (Å²) >= 11 is 0. The smallest absolute Gasteiger partial charge is 0.234 e. The molecule has 2 N–H and O–H groups in total. The van der Waals surface area contributed by atoms with Crippen LogP contribution in [0.25, 0.3) is 0 Å². The molecule has 0 aromatic carbocycles. The van der Waals surface area contributed by atoms with Crippen molar-refractivity contribution in [1.29, 1.82) is 0 Å². The van der Waals surface area contributed by atoms with Gasteiger partial charge in [-0.2, -0.15) is 0 Å². The molecule has 0 atom stereocenters. The van der Waals surface area contributed by atoms with Gasteiger partial charge in [-0.15, -0.1) is 0 Å². The molecule has 0 saturated heterocycles. The van der Waals surface area contributed by atoms with E-state index < -0.39 is 0 Å². The Morgan fingerprint density at radius 2 is 1.76 bits per heavy atom. The van der Waals surface area contributed by atoms with Crippen molar-refractivity contribution in [2.45, 2.75) is 65.3 Å². The summed E-state index contributed by atoms with van der Waals surface area (Å²) in [6.07, 6.45) is 6.64. The van der Waals surface area contributed by atoms with E-state index in [1.54, 1.807) is 0 Å². The van der Waals surface area contributed by atoms with E-state index in [9.17, 15) is 4.79 Å². The minimum atomic E-state index is -0.131. The fourth-order valence-electron chi connectivity index (χ4n) is 2.52. The van der Waals surface area contributed by atoms with Crippen molar-refractivity contribution in [1.82, 2.24) is 10.6 Å². The Morgan fingerprint density at radius 1 is 1.18 bits per heavy atom. The zero-order valence-electron chi connectivity index (χ0n) is 11.9. The van der Waals surface area contributed by atoms with Crippen LogP contribution in [0.2, 0.25) is 0 Å². The van der Waals surface area contributed by atoms with Crippen LogP contribution in [0.3, 0.4) is 0 Å². The summed E-state index contributed by atoms with van der Waals surface area (Å²) in [7, 11) is 0. The van der Waals surface area contributed by atoms with E-state index in [0.717, 1.165) is 6.54 Å². The van der Waals surface area contributed by atoms with E-state index in [4.69, 9.17) is 0 Å². The van der Waals surface area contributed by atoms with E-state index in [1.165, 1.54) is 32.1 Å². The monoisotopic (exact) mass is 240 g/mol. The van der Waals surface area contributed by atoms with Crippen molar-refractivity contribution in [2.75, 3.05) is 13.1 Å². The Balaban J connectivity index is 2.20.